The molecule has 1 aliphatic heterocycles. The van der Waals surface area contributed by atoms with Gasteiger partial charge in [-0.15, -0.1) is 0 Å². The number of aliphatic imine (C=N–C) groups is 1. The second kappa shape index (κ2) is 4.44. The molecule has 0 spiro atoms. The maximum absolute atomic E-state index is 6.49. The van der Waals surface area contributed by atoms with Gasteiger partial charge in [0.15, 0.2) is 0 Å². The van der Waals surface area contributed by atoms with Gasteiger partial charge >= 0.3 is 0 Å². The Kier molecular flexibility index (Phi) is 3.17. The average Bonchev–Trinajstić information content (AvgIpc) is 2.30. The van der Waals surface area contributed by atoms with Crippen molar-refractivity contribution in [1.82, 2.24) is 4.90 Å². The van der Waals surface area contributed by atoms with Gasteiger partial charge in [0.1, 0.15) is 0 Å². The van der Waals surface area contributed by atoms with Crippen molar-refractivity contribution in [2.24, 2.45) is 4.99 Å². The lowest BCUT2D eigenvalue weighted by Crippen LogP contribution is -2.50. The molecule has 0 aliphatic carbocycles. The van der Waals surface area contributed by atoms with Crippen LogP contribution >= 0.6 is 11.6 Å². The smallest absolute Gasteiger partial charge is 0.267 e. The Morgan fingerprint density at radius 2 is 2.00 bits per heavy atom. The fourth-order valence-electron chi connectivity index (χ4n) is 1.89. The summed E-state index contributed by atoms with van der Waals surface area (Å²) in [5.74, 6) is 0. The summed E-state index contributed by atoms with van der Waals surface area (Å²) < 4.78 is 0. The van der Waals surface area contributed by atoms with E-state index in [2.05, 4.69) is 29.1 Å². The molecule has 1 aromatic rings. The van der Waals surface area contributed by atoms with E-state index in [0.29, 0.717) is 0 Å². The van der Waals surface area contributed by atoms with Gasteiger partial charge in [-0.3, -0.25) is 0 Å². The fourth-order valence-corrected chi connectivity index (χ4v) is 2.28. The van der Waals surface area contributed by atoms with Gasteiger partial charge in [-0.1, -0.05) is 43.6 Å². The minimum absolute atomic E-state index is 0.835. The van der Waals surface area contributed by atoms with Crippen molar-refractivity contribution in [3.63, 3.8) is 0 Å². The third-order valence-electron chi connectivity index (χ3n) is 2.81. The highest BCUT2D eigenvalue weighted by atomic mass is 35.5. The van der Waals surface area contributed by atoms with E-state index in [4.69, 9.17) is 11.6 Å². The predicted octanol–water partition coefficient (Wildman–Crippen LogP) is 2.72. The number of hydrogen-bond acceptors (Lipinski definition) is 3. The summed E-state index contributed by atoms with van der Waals surface area (Å²) in [6, 6.07) is 8.02. The lowest BCUT2D eigenvalue weighted by Gasteiger charge is -2.37. The van der Waals surface area contributed by atoms with E-state index in [1.54, 1.807) is 0 Å². The third kappa shape index (κ3) is 1.93. The molecular formula is C12H16ClN3. The van der Waals surface area contributed by atoms with Gasteiger partial charge in [-0.2, -0.15) is 0 Å². The molecule has 4 heteroatoms. The van der Waals surface area contributed by atoms with E-state index in [-0.39, 0.29) is 0 Å². The van der Waals surface area contributed by atoms with Crippen molar-refractivity contribution in [2.45, 2.75) is 19.1 Å². The summed E-state index contributed by atoms with van der Waals surface area (Å²) in [4.78, 5) is 6.47. The topological polar surface area (TPSA) is 27.6 Å². The summed E-state index contributed by atoms with van der Waals surface area (Å²) in [6.07, 6.45) is 1.83. The van der Waals surface area contributed by atoms with Crippen molar-refractivity contribution in [3.05, 3.63) is 29.8 Å². The number of benzene rings is 1. The molecule has 0 saturated heterocycles. The lowest BCUT2D eigenvalue weighted by molar-refractivity contribution is 0.210. The van der Waals surface area contributed by atoms with Crippen molar-refractivity contribution in [2.75, 3.05) is 18.4 Å². The number of alkyl halides is 1. The van der Waals surface area contributed by atoms with Gasteiger partial charge in [-0.25, -0.2) is 9.89 Å². The number of rotatable bonds is 3. The molecular weight excluding hydrogens is 222 g/mol. The van der Waals surface area contributed by atoms with Gasteiger partial charge in [0.2, 0.25) is 0 Å². The van der Waals surface area contributed by atoms with E-state index in [0.717, 1.165) is 24.3 Å². The van der Waals surface area contributed by atoms with Crippen LogP contribution in [0.25, 0.3) is 0 Å². The number of hydrogen-bond donors (Lipinski definition) is 1. The molecule has 2 rings (SSSR count). The van der Waals surface area contributed by atoms with Crippen LogP contribution < -0.4 is 5.32 Å². The molecule has 0 radical (unpaired) electrons. The minimum Gasteiger partial charge on any atom is -0.335 e. The number of nitrogens with zero attached hydrogens (tertiary/aromatic N) is 2. The Balaban J connectivity index is 2.31. The fraction of sp³-hybridized carbons (Fsp3) is 0.417. The molecule has 1 N–H and O–H groups in total. The predicted molar refractivity (Wildman–Crippen MR) is 69.2 cm³/mol. The summed E-state index contributed by atoms with van der Waals surface area (Å²) >= 11 is 6.49. The lowest BCUT2D eigenvalue weighted by atomic mass is 10.1. The second-order valence-electron chi connectivity index (χ2n) is 3.73. The third-order valence-corrected chi connectivity index (χ3v) is 3.24. The van der Waals surface area contributed by atoms with Crippen LogP contribution in [0.1, 0.15) is 19.4 Å². The van der Waals surface area contributed by atoms with E-state index >= 15 is 0 Å². The molecule has 0 fully saturated rings. The van der Waals surface area contributed by atoms with Crippen LogP contribution in [0, 0.1) is 0 Å². The molecule has 0 amide bonds. The van der Waals surface area contributed by atoms with Gasteiger partial charge in [-0.05, 0) is 6.07 Å². The molecule has 1 aromatic carbocycles. The van der Waals surface area contributed by atoms with E-state index < -0.39 is 5.25 Å². The minimum atomic E-state index is -0.835. The van der Waals surface area contributed by atoms with Crippen molar-refractivity contribution in [3.8, 4) is 0 Å². The summed E-state index contributed by atoms with van der Waals surface area (Å²) in [6.45, 7) is 5.86. The normalized spacial score (nSPS) is 23.0. The zero-order chi connectivity index (χ0) is 11.6. The number of para-hydroxylation sites is 1. The molecule has 16 heavy (non-hydrogen) atoms. The second-order valence-corrected chi connectivity index (χ2v) is 4.26. The highest BCUT2D eigenvalue weighted by molar-refractivity contribution is 6.25. The SMILES string of the molecule is CCN(CC)C1(Cl)N=Cc2ccccc2N1. The van der Waals surface area contributed by atoms with Crippen molar-refractivity contribution < 1.29 is 0 Å². The van der Waals surface area contributed by atoms with Gasteiger partial charge in [0, 0.05) is 30.6 Å². The first-order chi connectivity index (χ1) is 7.69. The molecule has 0 aromatic heterocycles. The molecule has 1 unspecified atom stereocenters. The maximum Gasteiger partial charge on any atom is 0.267 e. The van der Waals surface area contributed by atoms with Crippen LogP contribution in [0.2, 0.25) is 0 Å². The Labute approximate surface area is 101 Å². The first kappa shape index (κ1) is 11.4. The van der Waals surface area contributed by atoms with Crippen molar-refractivity contribution >= 4 is 23.5 Å². The standard InChI is InChI=1S/C12H16ClN3/c1-3-16(4-2)12(13)14-9-10-7-5-6-8-11(10)15-12/h5-9,15H,3-4H2,1-2H3. The Hall–Kier alpha value is -1.06. The molecule has 1 heterocycles. The Morgan fingerprint density at radius 1 is 1.31 bits per heavy atom. The molecule has 3 nitrogen and oxygen atoms in total. The monoisotopic (exact) mass is 237 g/mol. The number of halogens is 1. The zero-order valence-electron chi connectivity index (χ0n) is 9.57. The number of nitrogens with one attached hydrogen (secondary N) is 1. The van der Waals surface area contributed by atoms with Crippen LogP contribution in [0.3, 0.4) is 0 Å². The number of fused-ring (bicyclic) bond motifs is 1. The van der Waals surface area contributed by atoms with Crippen LogP contribution in [-0.4, -0.2) is 29.4 Å². The molecule has 1 atom stereocenters. The molecule has 86 valence electrons. The van der Waals surface area contributed by atoms with E-state index in [1.807, 2.05) is 30.5 Å². The first-order valence-electron chi connectivity index (χ1n) is 5.56. The number of anilines is 1. The average molecular weight is 238 g/mol. The van der Waals surface area contributed by atoms with E-state index in [9.17, 15) is 0 Å². The quantitative estimate of drug-likeness (QED) is 0.647. The summed E-state index contributed by atoms with van der Waals surface area (Å²) in [5, 5.41) is 2.43. The van der Waals surface area contributed by atoms with Gasteiger partial charge in [0.25, 0.3) is 5.25 Å². The summed E-state index contributed by atoms with van der Waals surface area (Å²) in [5.41, 5.74) is 2.10. The Morgan fingerprint density at radius 3 is 2.69 bits per heavy atom. The van der Waals surface area contributed by atoms with Crippen molar-refractivity contribution in [1.29, 1.82) is 0 Å². The first-order valence-corrected chi connectivity index (χ1v) is 5.94. The molecule has 0 bridgehead atoms. The maximum atomic E-state index is 6.49. The highest BCUT2D eigenvalue weighted by Gasteiger charge is 2.34. The van der Waals surface area contributed by atoms with Crippen LogP contribution in [0.15, 0.2) is 29.3 Å². The van der Waals surface area contributed by atoms with Gasteiger partial charge < -0.3 is 5.32 Å². The molecule has 0 saturated carbocycles. The van der Waals surface area contributed by atoms with E-state index in [1.165, 1.54) is 0 Å². The highest BCUT2D eigenvalue weighted by Crippen LogP contribution is 2.30. The van der Waals surface area contributed by atoms with Gasteiger partial charge in [0.05, 0.1) is 0 Å². The van der Waals surface area contributed by atoms with Crippen LogP contribution in [-0.2, 0) is 0 Å². The zero-order valence-corrected chi connectivity index (χ0v) is 10.3. The van der Waals surface area contributed by atoms with Crippen LogP contribution in [0.5, 0.6) is 0 Å². The largest absolute Gasteiger partial charge is 0.335 e. The molecule has 1 aliphatic rings. The van der Waals surface area contributed by atoms with Crippen LogP contribution in [0.4, 0.5) is 5.69 Å². The summed E-state index contributed by atoms with van der Waals surface area (Å²) in [7, 11) is 0. The Bertz CT molecular complexity index is 401.